The van der Waals surface area contributed by atoms with E-state index in [1.165, 1.54) is 25.4 Å². The number of anilines is 1. The molecule has 12 heteroatoms. The van der Waals surface area contributed by atoms with E-state index in [2.05, 4.69) is 30.3 Å². The number of nitrogens with zero attached hydrogens (tertiary/aromatic N) is 3. The molecule has 35 heavy (non-hydrogen) atoms. The van der Waals surface area contributed by atoms with E-state index in [0.717, 1.165) is 11.1 Å². The predicted molar refractivity (Wildman–Crippen MR) is 127 cm³/mol. The number of amides is 1. The van der Waals surface area contributed by atoms with Gasteiger partial charge in [-0.3, -0.25) is 4.79 Å². The van der Waals surface area contributed by atoms with E-state index in [4.69, 9.17) is 9.68 Å². The van der Waals surface area contributed by atoms with Gasteiger partial charge in [-0.1, -0.05) is 6.07 Å². The number of sulfonamides is 1. The first-order valence-corrected chi connectivity index (χ1v) is 12.3. The summed E-state index contributed by atoms with van der Waals surface area (Å²) < 4.78 is 33.7. The van der Waals surface area contributed by atoms with Gasteiger partial charge in [0, 0.05) is 36.9 Å². The molecule has 3 heterocycles. The van der Waals surface area contributed by atoms with Crippen molar-refractivity contribution < 1.29 is 17.6 Å². The molecule has 0 atom stereocenters. The molecule has 4 aromatic rings. The van der Waals surface area contributed by atoms with Gasteiger partial charge in [0.2, 0.25) is 15.9 Å². The van der Waals surface area contributed by atoms with Crippen LogP contribution in [0.3, 0.4) is 0 Å². The highest BCUT2D eigenvalue weighted by Crippen LogP contribution is 2.36. The van der Waals surface area contributed by atoms with Crippen LogP contribution in [-0.2, 0) is 10.0 Å². The zero-order valence-corrected chi connectivity index (χ0v) is 19.4. The summed E-state index contributed by atoms with van der Waals surface area (Å²) >= 11 is 0. The Kier molecular flexibility index (Phi) is 5.72. The van der Waals surface area contributed by atoms with E-state index in [0.29, 0.717) is 24.1 Å². The molecule has 0 spiro atoms. The van der Waals surface area contributed by atoms with E-state index >= 15 is 0 Å². The topological polar surface area (TPSA) is 166 Å². The third kappa shape index (κ3) is 4.34. The Balaban J connectivity index is 1.33. The first-order chi connectivity index (χ1) is 16.9. The molecule has 1 aliphatic carbocycles. The fourth-order valence-electron chi connectivity index (χ4n) is 4.01. The van der Waals surface area contributed by atoms with Crippen LogP contribution in [0.4, 0.5) is 5.69 Å². The second kappa shape index (κ2) is 8.86. The summed E-state index contributed by atoms with van der Waals surface area (Å²) in [6.07, 6.45) is 5.78. The van der Waals surface area contributed by atoms with E-state index in [-0.39, 0.29) is 40.0 Å². The Morgan fingerprint density at radius 2 is 2.09 bits per heavy atom. The molecule has 0 saturated heterocycles. The molecule has 1 fully saturated rings. The Bertz CT molecular complexity index is 1560. The van der Waals surface area contributed by atoms with E-state index in [9.17, 15) is 13.2 Å². The lowest BCUT2D eigenvalue weighted by Gasteiger charge is -2.37. The minimum Gasteiger partial charge on any atom is -0.443 e. The van der Waals surface area contributed by atoms with Gasteiger partial charge in [0.25, 0.3) is 5.91 Å². The van der Waals surface area contributed by atoms with Crippen LogP contribution in [0.5, 0.6) is 0 Å². The van der Waals surface area contributed by atoms with Gasteiger partial charge in [-0.15, -0.1) is 0 Å². The number of H-pyrrole nitrogens is 1. The summed E-state index contributed by atoms with van der Waals surface area (Å²) in [6.45, 7) is 0. The van der Waals surface area contributed by atoms with Crippen molar-refractivity contribution in [2.45, 2.75) is 29.8 Å². The minimum atomic E-state index is -3.74. The van der Waals surface area contributed by atoms with Crippen molar-refractivity contribution in [3.05, 3.63) is 60.2 Å². The van der Waals surface area contributed by atoms with Crippen LogP contribution >= 0.6 is 0 Å². The average Bonchev–Trinajstić information content (AvgIpc) is 3.52. The maximum atomic E-state index is 12.7. The maximum absolute atomic E-state index is 12.7. The summed E-state index contributed by atoms with van der Waals surface area (Å²) in [4.78, 5) is 23.7. The molecule has 0 unspecified atom stereocenters. The summed E-state index contributed by atoms with van der Waals surface area (Å²) in [5.41, 5.74) is 2.43. The first kappa shape index (κ1) is 22.6. The summed E-state index contributed by atoms with van der Waals surface area (Å²) in [5, 5.41) is 15.8. The zero-order valence-electron chi connectivity index (χ0n) is 18.6. The normalized spacial score (nSPS) is 17.5. The number of rotatable bonds is 7. The molecular weight excluding hydrogens is 470 g/mol. The number of nitriles is 1. The van der Waals surface area contributed by atoms with Gasteiger partial charge >= 0.3 is 0 Å². The lowest BCUT2D eigenvalue weighted by atomic mass is 9.87. The molecule has 1 aromatic carbocycles. The smallest absolute Gasteiger partial charge is 0.272 e. The average molecular weight is 492 g/mol. The minimum absolute atomic E-state index is 0.0132. The number of hydrogen-bond donors (Lipinski definition) is 4. The Morgan fingerprint density at radius 3 is 2.86 bits per heavy atom. The molecule has 1 aliphatic rings. The van der Waals surface area contributed by atoms with Gasteiger partial charge in [-0.2, -0.15) is 5.26 Å². The number of nitrogens with one attached hydrogen (secondary N) is 4. The number of carbonyl (C=O) groups is 1. The molecule has 4 N–H and O–H groups in total. The van der Waals surface area contributed by atoms with Crippen molar-refractivity contribution in [2.24, 2.45) is 0 Å². The molecule has 3 aromatic heterocycles. The van der Waals surface area contributed by atoms with Crippen LogP contribution in [0.1, 0.15) is 28.9 Å². The Labute approximate surface area is 200 Å². The molecule has 0 radical (unpaired) electrons. The molecular formula is C23H21N7O4S. The quantitative estimate of drug-likeness (QED) is 0.306. The van der Waals surface area contributed by atoms with Crippen molar-refractivity contribution in [3.8, 4) is 17.5 Å². The second-order valence-electron chi connectivity index (χ2n) is 8.17. The largest absolute Gasteiger partial charge is 0.443 e. The number of benzene rings is 1. The van der Waals surface area contributed by atoms with Gasteiger partial charge in [0.15, 0.2) is 5.69 Å². The standard InChI is InChI=1S/C23H21N7O4S/c1-25-22(31)19-12-34-23(29-19)18-11-27-21-17(5-6-26-21)20(18)28-14-8-15(9-14)30-35(32,33)16-4-2-3-13(7-16)10-24/h2-7,11-12,14-15,30H,8-9H2,1H3,(H,25,31)(H2,26,27,28). The van der Waals surface area contributed by atoms with Crippen LogP contribution in [0.15, 0.2) is 58.3 Å². The lowest BCUT2D eigenvalue weighted by molar-refractivity contribution is 0.0958. The third-order valence-corrected chi connectivity index (χ3v) is 7.38. The van der Waals surface area contributed by atoms with Crippen LogP contribution in [0.2, 0.25) is 0 Å². The van der Waals surface area contributed by atoms with E-state index < -0.39 is 10.0 Å². The van der Waals surface area contributed by atoms with Crippen molar-refractivity contribution in [3.63, 3.8) is 0 Å². The molecule has 178 valence electrons. The fraction of sp³-hybridized carbons (Fsp3) is 0.217. The van der Waals surface area contributed by atoms with Crippen LogP contribution in [0.25, 0.3) is 22.5 Å². The molecule has 5 rings (SSSR count). The predicted octanol–water partition coefficient (Wildman–Crippen LogP) is 2.37. The number of aromatic amines is 1. The third-order valence-electron chi connectivity index (χ3n) is 5.86. The summed E-state index contributed by atoms with van der Waals surface area (Å²) in [5.74, 6) is -0.115. The number of aromatic nitrogens is 3. The highest BCUT2D eigenvalue weighted by molar-refractivity contribution is 7.89. The van der Waals surface area contributed by atoms with Gasteiger partial charge in [0.1, 0.15) is 11.9 Å². The zero-order chi connectivity index (χ0) is 24.6. The highest BCUT2D eigenvalue weighted by Gasteiger charge is 2.34. The summed E-state index contributed by atoms with van der Waals surface area (Å²) in [6, 6.07) is 9.48. The number of pyridine rings is 1. The summed E-state index contributed by atoms with van der Waals surface area (Å²) in [7, 11) is -2.23. The van der Waals surface area contributed by atoms with Crippen molar-refractivity contribution >= 4 is 32.7 Å². The molecule has 0 bridgehead atoms. The molecule has 1 amide bonds. The number of carbonyl (C=O) groups excluding carboxylic acids is 1. The van der Waals surface area contributed by atoms with Crippen molar-refractivity contribution in [2.75, 3.05) is 12.4 Å². The van der Waals surface area contributed by atoms with Crippen molar-refractivity contribution in [1.82, 2.24) is 25.0 Å². The van der Waals surface area contributed by atoms with Crippen LogP contribution in [-0.4, -0.2) is 48.4 Å². The van der Waals surface area contributed by atoms with Gasteiger partial charge < -0.3 is 20.0 Å². The molecule has 0 aliphatic heterocycles. The maximum Gasteiger partial charge on any atom is 0.272 e. The second-order valence-corrected chi connectivity index (χ2v) is 9.89. The lowest BCUT2D eigenvalue weighted by Crippen LogP contribution is -2.49. The van der Waals surface area contributed by atoms with E-state index in [1.54, 1.807) is 24.5 Å². The SMILES string of the molecule is CNC(=O)c1coc(-c2cnc3[nH]ccc3c2NC2CC(NS(=O)(=O)c3cccc(C#N)c3)C2)n1. The Morgan fingerprint density at radius 1 is 1.26 bits per heavy atom. The highest BCUT2D eigenvalue weighted by atomic mass is 32.2. The first-order valence-electron chi connectivity index (χ1n) is 10.8. The van der Waals surface area contributed by atoms with Crippen molar-refractivity contribution in [1.29, 1.82) is 5.26 Å². The number of oxazole rings is 1. The van der Waals surface area contributed by atoms with Crippen LogP contribution < -0.4 is 15.4 Å². The number of fused-ring (bicyclic) bond motifs is 1. The molecule has 11 nitrogen and oxygen atoms in total. The fourth-order valence-corrected chi connectivity index (χ4v) is 5.32. The van der Waals surface area contributed by atoms with E-state index in [1.807, 2.05) is 12.1 Å². The van der Waals surface area contributed by atoms with Gasteiger partial charge in [-0.05, 0) is 37.1 Å². The monoisotopic (exact) mass is 491 g/mol. The Hall–Kier alpha value is -4.21. The van der Waals surface area contributed by atoms with Gasteiger partial charge in [0.05, 0.1) is 27.8 Å². The van der Waals surface area contributed by atoms with Gasteiger partial charge in [-0.25, -0.2) is 23.1 Å². The molecule has 1 saturated carbocycles. The number of hydrogen-bond acceptors (Lipinski definition) is 8. The van der Waals surface area contributed by atoms with Crippen LogP contribution in [0, 0.1) is 11.3 Å².